The van der Waals surface area contributed by atoms with Gasteiger partial charge >= 0.3 is 0 Å². The topological polar surface area (TPSA) is 36.7 Å². The molecule has 0 saturated heterocycles. The molecule has 2 nitrogen and oxygen atoms in total. The van der Waals surface area contributed by atoms with Crippen molar-refractivity contribution in [2.75, 3.05) is 0 Å². The summed E-state index contributed by atoms with van der Waals surface area (Å²) in [6, 6.07) is 4.04. The van der Waals surface area contributed by atoms with E-state index in [1.807, 2.05) is 12.3 Å². The van der Waals surface area contributed by atoms with Gasteiger partial charge < -0.3 is 0 Å². The molecule has 1 aromatic rings. The predicted octanol–water partition coefficient (Wildman–Crippen LogP) is 1.50. The van der Waals surface area contributed by atoms with Crippen molar-refractivity contribution in [3.05, 3.63) is 24.0 Å². The van der Waals surface area contributed by atoms with Crippen molar-refractivity contribution in [1.82, 2.24) is 4.98 Å². The minimum Gasteiger partial charge on any atom is -0.263 e. The highest BCUT2D eigenvalue weighted by Gasteiger charge is 2.16. The molecule has 0 aromatic carbocycles. The van der Waals surface area contributed by atoms with Crippen LogP contribution in [0.4, 0.5) is 0 Å². The van der Waals surface area contributed by atoms with E-state index >= 15 is 0 Å². The van der Waals surface area contributed by atoms with E-state index in [2.05, 4.69) is 30.7 Å². The maximum Gasteiger partial charge on any atom is 0.101 e. The quantitative estimate of drug-likeness (QED) is 0.608. The summed E-state index contributed by atoms with van der Waals surface area (Å²) in [4.78, 5) is 4.03. The fraction of sp³-hybridized carbons (Fsp3) is 0.333. The van der Waals surface area contributed by atoms with E-state index in [0.717, 1.165) is 0 Å². The van der Waals surface area contributed by atoms with Gasteiger partial charge in [0.15, 0.2) is 0 Å². The first-order chi connectivity index (χ1) is 5.54. The number of pyridine rings is 1. The van der Waals surface area contributed by atoms with E-state index in [1.54, 1.807) is 6.20 Å². The average molecular weight is 176 g/mol. The van der Waals surface area contributed by atoms with Gasteiger partial charge in [0.05, 0.1) is 13.6 Å². The van der Waals surface area contributed by atoms with Crippen molar-refractivity contribution in [2.45, 2.75) is 19.6 Å². The molecule has 0 aliphatic carbocycles. The molecule has 12 heavy (non-hydrogen) atoms. The summed E-state index contributed by atoms with van der Waals surface area (Å²) in [6.07, 6.45) is 3.47. The molecule has 0 amide bonds. The monoisotopic (exact) mass is 176 g/mol. The Kier molecular flexibility index (Phi) is 2.29. The van der Waals surface area contributed by atoms with E-state index in [1.165, 1.54) is 5.19 Å². The Morgan fingerprint density at radius 1 is 1.33 bits per heavy atom. The van der Waals surface area contributed by atoms with Crippen LogP contribution in [0.2, 0.25) is 19.6 Å². The first-order valence-corrected chi connectivity index (χ1v) is 7.39. The first kappa shape index (κ1) is 8.95. The molecular weight excluding hydrogens is 164 g/mol. The standard InChI is InChI=1S/C9H12N2Si/c1-12(2,3)9-4-8(5-10)6-11-7-9/h4,6-7H,1-3H3. The van der Waals surface area contributed by atoms with Crippen LogP contribution >= 0.6 is 0 Å². The highest BCUT2D eigenvalue weighted by Crippen LogP contribution is 2.02. The number of hydrogen-bond acceptors (Lipinski definition) is 2. The van der Waals surface area contributed by atoms with Crippen LogP contribution < -0.4 is 5.19 Å². The van der Waals surface area contributed by atoms with Crippen molar-refractivity contribution in [1.29, 1.82) is 5.26 Å². The molecule has 0 aliphatic heterocycles. The minimum absolute atomic E-state index is 0.662. The van der Waals surface area contributed by atoms with Crippen molar-refractivity contribution < 1.29 is 0 Å². The molecule has 0 fully saturated rings. The Morgan fingerprint density at radius 3 is 2.50 bits per heavy atom. The molecule has 0 atom stereocenters. The molecule has 0 radical (unpaired) electrons. The molecule has 0 spiro atoms. The van der Waals surface area contributed by atoms with E-state index in [4.69, 9.17) is 5.26 Å². The normalized spacial score (nSPS) is 10.8. The fourth-order valence-corrected chi connectivity index (χ4v) is 1.96. The predicted molar refractivity (Wildman–Crippen MR) is 51.9 cm³/mol. The van der Waals surface area contributed by atoms with Gasteiger partial charge in [-0.05, 0) is 11.3 Å². The third-order valence-electron chi connectivity index (χ3n) is 1.73. The molecule has 1 heterocycles. The van der Waals surface area contributed by atoms with Crippen LogP contribution in [0, 0.1) is 11.3 Å². The largest absolute Gasteiger partial charge is 0.263 e. The molecule has 0 saturated carbocycles. The zero-order valence-corrected chi connectivity index (χ0v) is 8.63. The Morgan fingerprint density at radius 2 is 2.00 bits per heavy atom. The van der Waals surface area contributed by atoms with Crippen LogP contribution in [-0.2, 0) is 0 Å². The summed E-state index contributed by atoms with van der Waals surface area (Å²) >= 11 is 0. The summed E-state index contributed by atoms with van der Waals surface area (Å²) in [5.74, 6) is 0. The Hall–Kier alpha value is -1.14. The van der Waals surface area contributed by atoms with E-state index in [0.29, 0.717) is 5.56 Å². The highest BCUT2D eigenvalue weighted by atomic mass is 28.3. The van der Waals surface area contributed by atoms with E-state index < -0.39 is 8.07 Å². The van der Waals surface area contributed by atoms with Gasteiger partial charge in [0.1, 0.15) is 6.07 Å². The van der Waals surface area contributed by atoms with Gasteiger partial charge in [-0.15, -0.1) is 0 Å². The number of hydrogen-bond donors (Lipinski definition) is 0. The molecule has 0 bridgehead atoms. The van der Waals surface area contributed by atoms with Crippen LogP contribution in [0.3, 0.4) is 0 Å². The second-order valence-electron chi connectivity index (χ2n) is 3.82. The summed E-state index contributed by atoms with van der Waals surface area (Å²) < 4.78 is 0. The lowest BCUT2D eigenvalue weighted by atomic mass is 10.3. The molecule has 1 aromatic heterocycles. The SMILES string of the molecule is C[Si](C)(C)c1cncc(C#N)c1. The average Bonchev–Trinajstić information content (AvgIpc) is 2.03. The third-order valence-corrected chi connectivity index (χ3v) is 3.74. The van der Waals surface area contributed by atoms with Gasteiger partial charge in [0.25, 0.3) is 0 Å². The Labute approximate surface area is 73.9 Å². The van der Waals surface area contributed by atoms with Crippen LogP contribution in [0.25, 0.3) is 0 Å². The van der Waals surface area contributed by atoms with Gasteiger partial charge in [-0.2, -0.15) is 5.26 Å². The van der Waals surface area contributed by atoms with E-state index in [9.17, 15) is 0 Å². The maximum absolute atomic E-state index is 8.65. The lowest BCUT2D eigenvalue weighted by Gasteiger charge is -2.15. The van der Waals surface area contributed by atoms with Crippen LogP contribution in [-0.4, -0.2) is 13.1 Å². The molecule has 0 N–H and O–H groups in total. The smallest absolute Gasteiger partial charge is 0.101 e. The Balaban J connectivity index is 3.13. The number of aromatic nitrogens is 1. The first-order valence-electron chi connectivity index (χ1n) is 3.89. The van der Waals surface area contributed by atoms with Gasteiger partial charge in [0, 0.05) is 12.4 Å². The summed E-state index contributed by atoms with van der Waals surface area (Å²) in [5, 5.41) is 9.89. The zero-order valence-electron chi connectivity index (χ0n) is 7.63. The van der Waals surface area contributed by atoms with Crippen molar-refractivity contribution in [3.63, 3.8) is 0 Å². The van der Waals surface area contributed by atoms with E-state index in [-0.39, 0.29) is 0 Å². The lowest BCUT2D eigenvalue weighted by Crippen LogP contribution is -2.37. The molecular formula is C9H12N2Si. The van der Waals surface area contributed by atoms with Gasteiger partial charge in [-0.25, -0.2) is 0 Å². The lowest BCUT2D eigenvalue weighted by molar-refractivity contribution is 1.31. The second kappa shape index (κ2) is 3.08. The molecule has 3 heteroatoms. The number of nitriles is 1. The second-order valence-corrected chi connectivity index (χ2v) is 8.90. The van der Waals surface area contributed by atoms with Crippen LogP contribution in [0.5, 0.6) is 0 Å². The van der Waals surface area contributed by atoms with Crippen molar-refractivity contribution in [3.8, 4) is 6.07 Å². The third kappa shape index (κ3) is 1.92. The highest BCUT2D eigenvalue weighted by molar-refractivity contribution is 6.88. The fourth-order valence-electron chi connectivity index (χ4n) is 0.911. The summed E-state index contributed by atoms with van der Waals surface area (Å²) in [6.45, 7) is 6.72. The van der Waals surface area contributed by atoms with Gasteiger partial charge in [-0.1, -0.05) is 19.6 Å². The molecule has 62 valence electrons. The summed E-state index contributed by atoms with van der Waals surface area (Å²) in [7, 11) is -1.29. The summed E-state index contributed by atoms with van der Waals surface area (Å²) in [5.41, 5.74) is 0.662. The van der Waals surface area contributed by atoms with Crippen LogP contribution in [0.1, 0.15) is 5.56 Å². The van der Waals surface area contributed by atoms with Crippen molar-refractivity contribution >= 4 is 13.3 Å². The van der Waals surface area contributed by atoms with Crippen molar-refractivity contribution in [2.24, 2.45) is 0 Å². The Bertz CT molecular complexity index is 320. The number of rotatable bonds is 1. The molecule has 1 rings (SSSR count). The maximum atomic E-state index is 8.65. The number of nitrogens with zero attached hydrogens (tertiary/aromatic N) is 2. The zero-order chi connectivity index (χ0) is 9.19. The molecule has 0 aliphatic rings. The minimum atomic E-state index is -1.29. The van der Waals surface area contributed by atoms with Crippen LogP contribution in [0.15, 0.2) is 18.5 Å². The molecule has 0 unspecified atom stereocenters. The van der Waals surface area contributed by atoms with Gasteiger partial charge in [-0.3, -0.25) is 4.98 Å². The van der Waals surface area contributed by atoms with Gasteiger partial charge in [0.2, 0.25) is 0 Å².